The van der Waals surface area contributed by atoms with Crippen molar-refractivity contribution in [2.24, 2.45) is 7.05 Å². The molecule has 0 aliphatic heterocycles. The van der Waals surface area contributed by atoms with E-state index in [0.717, 1.165) is 23.1 Å². The average molecular weight is 338 g/mol. The van der Waals surface area contributed by atoms with E-state index in [4.69, 9.17) is 0 Å². The molecule has 0 spiro atoms. The van der Waals surface area contributed by atoms with Crippen LogP contribution in [0.5, 0.6) is 0 Å². The molecule has 3 aromatic rings. The summed E-state index contributed by atoms with van der Waals surface area (Å²) < 4.78 is 2.98. The third-order valence-corrected chi connectivity index (χ3v) is 4.39. The third kappa shape index (κ3) is 3.47. The van der Waals surface area contributed by atoms with Crippen LogP contribution in [0, 0.1) is 6.92 Å². The number of carbonyl (C=O) groups is 1. The van der Waals surface area contributed by atoms with Crippen LogP contribution in [0.1, 0.15) is 23.7 Å². The number of pyridine rings is 1. The molecule has 0 saturated carbocycles. The van der Waals surface area contributed by atoms with Crippen LogP contribution < -0.4 is 10.9 Å². The van der Waals surface area contributed by atoms with E-state index in [1.165, 1.54) is 10.1 Å². The van der Waals surface area contributed by atoms with Gasteiger partial charge < -0.3 is 9.88 Å². The summed E-state index contributed by atoms with van der Waals surface area (Å²) in [4.78, 5) is 24.8. The van der Waals surface area contributed by atoms with Crippen molar-refractivity contribution >= 4 is 16.8 Å². The van der Waals surface area contributed by atoms with Gasteiger partial charge in [-0.25, -0.2) is 0 Å². The maximum absolute atomic E-state index is 12.6. The van der Waals surface area contributed by atoms with Gasteiger partial charge in [-0.2, -0.15) is 5.10 Å². The minimum absolute atomic E-state index is 0.00789. The number of carbonyl (C=O) groups excluding carboxylic acids is 1. The van der Waals surface area contributed by atoms with Crippen molar-refractivity contribution in [3.05, 3.63) is 63.7 Å². The second-order valence-electron chi connectivity index (χ2n) is 6.17. The van der Waals surface area contributed by atoms with E-state index in [2.05, 4.69) is 29.5 Å². The molecule has 0 aliphatic rings. The van der Waals surface area contributed by atoms with Gasteiger partial charge in [0.15, 0.2) is 0 Å². The molecule has 0 atom stereocenters. The summed E-state index contributed by atoms with van der Waals surface area (Å²) in [7, 11) is 1.74. The highest BCUT2D eigenvalue weighted by Crippen LogP contribution is 2.12. The molecule has 25 heavy (non-hydrogen) atoms. The molecule has 130 valence electrons. The Balaban J connectivity index is 1.70. The molecule has 6 nitrogen and oxygen atoms in total. The number of hydrogen-bond acceptors (Lipinski definition) is 3. The lowest BCUT2D eigenvalue weighted by atomic mass is 10.1. The summed E-state index contributed by atoms with van der Waals surface area (Å²) in [5, 5.41) is 7.94. The second-order valence-corrected chi connectivity index (χ2v) is 6.17. The SMILES string of the molecule is CCc1ccc(CNC(=O)Cn2ccc3c(C)nn(C)c3c2=O)cc1. The van der Waals surface area contributed by atoms with Gasteiger partial charge in [0.1, 0.15) is 12.1 Å². The first-order valence-electron chi connectivity index (χ1n) is 8.37. The van der Waals surface area contributed by atoms with Gasteiger partial charge in [-0.1, -0.05) is 31.2 Å². The summed E-state index contributed by atoms with van der Waals surface area (Å²) >= 11 is 0. The Labute approximate surface area is 146 Å². The van der Waals surface area contributed by atoms with Gasteiger partial charge in [0.05, 0.1) is 5.69 Å². The molecule has 0 aliphatic carbocycles. The average Bonchev–Trinajstić information content (AvgIpc) is 2.90. The van der Waals surface area contributed by atoms with Crippen molar-refractivity contribution < 1.29 is 4.79 Å². The minimum Gasteiger partial charge on any atom is -0.350 e. The monoisotopic (exact) mass is 338 g/mol. The van der Waals surface area contributed by atoms with Crippen molar-refractivity contribution in [3.8, 4) is 0 Å². The molecule has 1 N–H and O–H groups in total. The molecule has 0 saturated heterocycles. The molecule has 0 unspecified atom stereocenters. The van der Waals surface area contributed by atoms with E-state index in [-0.39, 0.29) is 18.0 Å². The van der Waals surface area contributed by atoms with Crippen molar-refractivity contribution in [3.63, 3.8) is 0 Å². The lowest BCUT2D eigenvalue weighted by Gasteiger charge is -2.08. The molecule has 0 fully saturated rings. The second kappa shape index (κ2) is 6.93. The Morgan fingerprint density at radius 1 is 1.16 bits per heavy atom. The summed E-state index contributed by atoms with van der Waals surface area (Å²) in [5.41, 5.74) is 3.42. The molecule has 2 aromatic heterocycles. The van der Waals surface area contributed by atoms with Crippen LogP contribution in [0.15, 0.2) is 41.3 Å². The molecule has 6 heteroatoms. The first kappa shape index (κ1) is 17.0. The predicted octanol–water partition coefficient (Wildman–Crippen LogP) is 1.92. The fourth-order valence-corrected chi connectivity index (χ4v) is 2.92. The Morgan fingerprint density at radius 2 is 1.84 bits per heavy atom. The smallest absolute Gasteiger partial charge is 0.277 e. The van der Waals surface area contributed by atoms with Gasteiger partial charge in [0, 0.05) is 25.2 Å². The van der Waals surface area contributed by atoms with E-state index in [0.29, 0.717) is 12.1 Å². The van der Waals surface area contributed by atoms with Gasteiger partial charge in [-0.05, 0) is 30.5 Å². The molecule has 0 bridgehead atoms. The van der Waals surface area contributed by atoms with Gasteiger partial charge in [-0.3, -0.25) is 14.3 Å². The van der Waals surface area contributed by atoms with Crippen LogP contribution in [-0.2, 0) is 31.4 Å². The first-order chi connectivity index (χ1) is 12.0. The molecule has 2 heterocycles. The summed E-state index contributed by atoms with van der Waals surface area (Å²) in [5.74, 6) is -0.195. The van der Waals surface area contributed by atoms with Gasteiger partial charge in [0.25, 0.3) is 5.56 Å². The summed E-state index contributed by atoms with van der Waals surface area (Å²) in [6, 6.07) is 9.97. The highest BCUT2D eigenvalue weighted by atomic mass is 16.2. The first-order valence-corrected chi connectivity index (χ1v) is 8.37. The number of nitrogens with zero attached hydrogens (tertiary/aromatic N) is 3. The molecular formula is C19H22N4O2. The summed E-state index contributed by atoms with van der Waals surface area (Å²) in [6.45, 7) is 4.41. The number of fused-ring (bicyclic) bond motifs is 1. The highest BCUT2D eigenvalue weighted by Gasteiger charge is 2.12. The lowest BCUT2D eigenvalue weighted by Crippen LogP contribution is -2.32. The van der Waals surface area contributed by atoms with Crippen molar-refractivity contribution in [2.45, 2.75) is 33.4 Å². The van der Waals surface area contributed by atoms with Gasteiger partial charge >= 0.3 is 0 Å². The molecule has 3 rings (SSSR count). The molecule has 1 aromatic carbocycles. The molecule has 1 amide bonds. The maximum atomic E-state index is 12.6. The predicted molar refractivity (Wildman–Crippen MR) is 97.4 cm³/mol. The van der Waals surface area contributed by atoms with Crippen LogP contribution in [0.25, 0.3) is 10.9 Å². The van der Waals surface area contributed by atoms with Crippen LogP contribution in [-0.4, -0.2) is 20.3 Å². The number of aryl methyl sites for hydroxylation is 3. The van der Waals surface area contributed by atoms with Crippen LogP contribution >= 0.6 is 0 Å². The van der Waals surface area contributed by atoms with Crippen molar-refractivity contribution in [1.29, 1.82) is 0 Å². The molecular weight excluding hydrogens is 316 g/mol. The minimum atomic E-state index is -0.206. The number of benzene rings is 1. The number of nitrogens with one attached hydrogen (secondary N) is 1. The van der Waals surface area contributed by atoms with E-state index in [9.17, 15) is 9.59 Å². The van der Waals surface area contributed by atoms with Gasteiger partial charge in [0.2, 0.25) is 5.91 Å². The maximum Gasteiger partial charge on any atom is 0.277 e. The van der Waals surface area contributed by atoms with Crippen molar-refractivity contribution in [2.75, 3.05) is 0 Å². The van der Waals surface area contributed by atoms with E-state index >= 15 is 0 Å². The fraction of sp³-hybridized carbons (Fsp3) is 0.316. The number of rotatable bonds is 5. The quantitative estimate of drug-likeness (QED) is 0.773. The zero-order valence-electron chi connectivity index (χ0n) is 14.7. The Hall–Kier alpha value is -2.89. The zero-order valence-corrected chi connectivity index (χ0v) is 14.7. The number of aromatic nitrogens is 3. The van der Waals surface area contributed by atoms with Crippen LogP contribution in [0.3, 0.4) is 0 Å². The van der Waals surface area contributed by atoms with Crippen LogP contribution in [0.2, 0.25) is 0 Å². The van der Waals surface area contributed by atoms with Gasteiger partial charge in [-0.15, -0.1) is 0 Å². The van der Waals surface area contributed by atoms with E-state index in [1.807, 2.05) is 25.1 Å². The van der Waals surface area contributed by atoms with Crippen LogP contribution in [0.4, 0.5) is 0 Å². The lowest BCUT2D eigenvalue weighted by molar-refractivity contribution is -0.121. The fourth-order valence-electron chi connectivity index (χ4n) is 2.92. The zero-order chi connectivity index (χ0) is 18.0. The Kier molecular flexibility index (Phi) is 4.70. The Bertz CT molecular complexity index is 967. The van der Waals surface area contributed by atoms with Crippen molar-refractivity contribution in [1.82, 2.24) is 19.7 Å². The Morgan fingerprint density at radius 3 is 2.52 bits per heavy atom. The van der Waals surface area contributed by atoms with E-state index < -0.39 is 0 Å². The van der Waals surface area contributed by atoms with E-state index in [1.54, 1.807) is 17.9 Å². The largest absolute Gasteiger partial charge is 0.350 e. The third-order valence-electron chi connectivity index (χ3n) is 4.39. The topological polar surface area (TPSA) is 68.9 Å². The molecule has 0 radical (unpaired) electrons. The standard InChI is InChI=1S/C19H22N4O2/c1-4-14-5-7-15(8-6-14)11-20-17(24)12-23-10-9-16-13(2)21-22(3)18(16)19(23)25/h5-10H,4,11-12H2,1-3H3,(H,20,24). The highest BCUT2D eigenvalue weighted by molar-refractivity contribution is 5.81. The normalized spacial score (nSPS) is 11.0. The summed E-state index contributed by atoms with van der Waals surface area (Å²) in [6.07, 6.45) is 2.64. The number of hydrogen-bond donors (Lipinski definition) is 1. The number of amides is 1.